The molecule has 0 radical (unpaired) electrons. The number of aromatic nitrogens is 6. The summed E-state index contributed by atoms with van der Waals surface area (Å²) < 4.78 is 18.9. The average Bonchev–Trinajstić information content (AvgIpc) is 3.92. The van der Waals surface area contributed by atoms with Gasteiger partial charge in [-0.05, 0) is 73.4 Å². The summed E-state index contributed by atoms with van der Waals surface area (Å²) in [5.41, 5.74) is 4.95. The van der Waals surface area contributed by atoms with E-state index in [9.17, 15) is 18.8 Å². The van der Waals surface area contributed by atoms with Gasteiger partial charge >= 0.3 is 5.69 Å². The highest BCUT2D eigenvalue weighted by atomic mass is 19.1. The van der Waals surface area contributed by atoms with Crippen LogP contribution in [0.5, 0.6) is 0 Å². The van der Waals surface area contributed by atoms with E-state index < -0.39 is 11.9 Å². The molecule has 2 aromatic carbocycles. The molecule has 55 heavy (non-hydrogen) atoms. The molecule has 6 aromatic rings. The highest BCUT2D eigenvalue weighted by molar-refractivity contribution is 6.00. The van der Waals surface area contributed by atoms with Crippen molar-refractivity contribution in [2.45, 2.75) is 37.8 Å². The number of piperidine rings is 1. The summed E-state index contributed by atoms with van der Waals surface area (Å²) in [7, 11) is 1.68. The van der Waals surface area contributed by atoms with Crippen molar-refractivity contribution in [2.75, 3.05) is 49.1 Å². The number of nitrogens with zero attached hydrogens (tertiary/aromatic N) is 9. The molecule has 9 rings (SSSR count). The van der Waals surface area contributed by atoms with Crippen LogP contribution < -0.4 is 20.8 Å². The highest BCUT2D eigenvalue weighted by Crippen LogP contribution is 2.36. The van der Waals surface area contributed by atoms with E-state index >= 15 is 0 Å². The number of halogens is 1. The number of imidazole rings is 2. The van der Waals surface area contributed by atoms with Crippen LogP contribution in [0.25, 0.3) is 28.1 Å². The lowest BCUT2D eigenvalue weighted by molar-refractivity contribution is -0.135. The summed E-state index contributed by atoms with van der Waals surface area (Å²) in [5.74, 6) is 7.28. The van der Waals surface area contributed by atoms with Crippen molar-refractivity contribution in [3.63, 3.8) is 0 Å². The lowest BCUT2D eigenvalue weighted by Crippen LogP contribution is -2.46. The van der Waals surface area contributed by atoms with E-state index in [0.717, 1.165) is 79.8 Å². The Hall–Kier alpha value is -6.33. The number of para-hydroxylation sites is 1. The van der Waals surface area contributed by atoms with Crippen LogP contribution in [0, 0.1) is 17.7 Å². The maximum Gasteiger partial charge on any atom is 0.329 e. The molecule has 14 heteroatoms. The highest BCUT2D eigenvalue weighted by Gasteiger charge is 2.32. The second-order valence-corrected chi connectivity index (χ2v) is 14.3. The monoisotopic (exact) mass is 738 g/mol. The van der Waals surface area contributed by atoms with E-state index in [2.05, 4.69) is 36.8 Å². The number of carbonyl (C=O) groups excluding carboxylic acids is 2. The molecule has 13 nitrogen and oxygen atoms in total. The number of imide groups is 1. The van der Waals surface area contributed by atoms with Gasteiger partial charge in [-0.15, -0.1) is 5.10 Å². The summed E-state index contributed by atoms with van der Waals surface area (Å²) in [4.78, 5) is 54.1. The molecule has 2 atom stereocenters. The van der Waals surface area contributed by atoms with Crippen molar-refractivity contribution in [1.82, 2.24) is 38.9 Å². The summed E-state index contributed by atoms with van der Waals surface area (Å²) in [6, 6.07) is 21.7. The normalized spacial score (nSPS) is 19.2. The molecule has 3 saturated heterocycles. The first-order valence-corrected chi connectivity index (χ1v) is 18.7. The van der Waals surface area contributed by atoms with Crippen LogP contribution in [-0.2, 0) is 16.6 Å². The minimum atomic E-state index is -0.741. The first-order valence-electron chi connectivity index (χ1n) is 18.7. The number of rotatable bonds is 6. The second-order valence-electron chi connectivity index (χ2n) is 14.3. The second kappa shape index (κ2) is 14.1. The number of pyridine rings is 1. The molecule has 7 heterocycles. The fraction of sp³-hybridized carbons (Fsp3) is 0.317. The topological polar surface area (TPSA) is 126 Å². The molecule has 0 bridgehead atoms. The van der Waals surface area contributed by atoms with Crippen LogP contribution in [0.4, 0.5) is 16.0 Å². The average molecular weight is 739 g/mol. The van der Waals surface area contributed by atoms with Gasteiger partial charge in [0, 0.05) is 46.2 Å². The van der Waals surface area contributed by atoms with Crippen molar-refractivity contribution >= 4 is 40.1 Å². The third-order valence-electron chi connectivity index (χ3n) is 11.0. The van der Waals surface area contributed by atoms with Gasteiger partial charge in [-0.25, -0.2) is 23.7 Å². The van der Waals surface area contributed by atoms with Crippen molar-refractivity contribution in [2.24, 2.45) is 7.05 Å². The Morgan fingerprint density at radius 1 is 0.891 bits per heavy atom. The molecular formula is C41H39FN10O3. The summed E-state index contributed by atoms with van der Waals surface area (Å²) in [6.45, 7) is 4.57. The fourth-order valence-corrected chi connectivity index (χ4v) is 8.19. The first-order chi connectivity index (χ1) is 26.8. The van der Waals surface area contributed by atoms with Crippen LogP contribution in [-0.4, -0.2) is 84.7 Å². The molecule has 0 saturated carbocycles. The molecule has 4 aromatic heterocycles. The number of carbonyl (C=O) groups is 2. The van der Waals surface area contributed by atoms with E-state index in [-0.39, 0.29) is 36.3 Å². The Balaban J connectivity index is 0.882. The molecule has 3 aliphatic rings. The van der Waals surface area contributed by atoms with Crippen molar-refractivity contribution in [3.05, 3.63) is 106 Å². The Labute approximate surface area is 316 Å². The Kier molecular flexibility index (Phi) is 8.86. The molecular weight excluding hydrogens is 700 g/mol. The Morgan fingerprint density at radius 2 is 1.73 bits per heavy atom. The molecule has 1 N–H and O–H groups in total. The zero-order valence-corrected chi connectivity index (χ0v) is 30.4. The van der Waals surface area contributed by atoms with Gasteiger partial charge in [0.05, 0.1) is 41.1 Å². The summed E-state index contributed by atoms with van der Waals surface area (Å²) in [5, 5.41) is 7.37. The molecule has 2 amide bonds. The summed E-state index contributed by atoms with van der Waals surface area (Å²) in [6.07, 6.45) is 4.22. The zero-order valence-electron chi connectivity index (χ0n) is 30.4. The quantitative estimate of drug-likeness (QED) is 0.199. The van der Waals surface area contributed by atoms with Crippen molar-refractivity contribution < 1.29 is 14.0 Å². The SMILES string of the molecule is Cn1c(=O)n(C2CCC(=O)NC2=O)c2cccc(C#CCN3CCN(c4cccc(-c5cnc6ccc(N7CCC[C@@H]7c7cccc(F)c7)nn56)n4)CC3)c21. The number of hydrogen-bond donors (Lipinski definition) is 1. The van der Waals surface area contributed by atoms with E-state index in [1.54, 1.807) is 19.2 Å². The van der Waals surface area contributed by atoms with Gasteiger partial charge in [-0.2, -0.15) is 0 Å². The van der Waals surface area contributed by atoms with Gasteiger partial charge in [-0.1, -0.05) is 36.1 Å². The van der Waals surface area contributed by atoms with Crippen molar-refractivity contribution in [3.8, 4) is 23.2 Å². The number of fused-ring (bicyclic) bond motifs is 2. The fourth-order valence-electron chi connectivity index (χ4n) is 8.19. The number of nitrogens with one attached hydrogen (secondary N) is 1. The van der Waals surface area contributed by atoms with Crippen LogP contribution in [0.1, 0.15) is 48.9 Å². The van der Waals surface area contributed by atoms with Gasteiger partial charge in [0.2, 0.25) is 11.8 Å². The van der Waals surface area contributed by atoms with Crippen LogP contribution in [0.2, 0.25) is 0 Å². The van der Waals surface area contributed by atoms with Gasteiger partial charge in [0.1, 0.15) is 29.2 Å². The maximum absolute atomic E-state index is 14.1. The maximum atomic E-state index is 14.1. The molecule has 0 spiro atoms. The predicted molar refractivity (Wildman–Crippen MR) is 206 cm³/mol. The van der Waals surface area contributed by atoms with Gasteiger partial charge in [-0.3, -0.25) is 28.9 Å². The number of anilines is 2. The smallest absolute Gasteiger partial charge is 0.329 e. The number of amides is 2. The number of piperazine rings is 1. The van der Waals surface area contributed by atoms with Crippen molar-refractivity contribution in [1.29, 1.82) is 0 Å². The molecule has 0 aliphatic carbocycles. The molecule has 278 valence electrons. The number of hydrogen-bond acceptors (Lipinski definition) is 9. The number of benzene rings is 2. The lowest BCUT2D eigenvalue weighted by Gasteiger charge is -2.34. The molecule has 1 unspecified atom stereocenters. The van der Waals surface area contributed by atoms with Crippen LogP contribution in [0.15, 0.2) is 83.8 Å². The molecule has 3 fully saturated rings. The third kappa shape index (κ3) is 6.40. The largest absolute Gasteiger partial charge is 0.354 e. The van der Waals surface area contributed by atoms with Crippen LogP contribution in [0.3, 0.4) is 0 Å². The first kappa shape index (κ1) is 34.4. The Morgan fingerprint density at radius 3 is 2.56 bits per heavy atom. The molecule has 3 aliphatic heterocycles. The minimum Gasteiger partial charge on any atom is -0.354 e. The lowest BCUT2D eigenvalue weighted by atomic mass is 10.0. The zero-order chi connectivity index (χ0) is 37.6. The van der Waals surface area contributed by atoms with E-state index in [4.69, 9.17) is 10.1 Å². The predicted octanol–water partition coefficient (Wildman–Crippen LogP) is 4.08. The van der Waals surface area contributed by atoms with Crippen LogP contribution >= 0.6 is 0 Å². The standard InChI is InChI=1S/C41H39FN10O3/c1-47-39-27(7-3-12-32(39)51(41(47)55)33-15-18-38(53)45-40(33)54)9-5-19-48-21-23-49(24-22-48)36-14-4-11-30(44-36)34-26-43-35-16-17-37(46-52(34)35)50-20-6-13-31(50)28-8-2-10-29(42)25-28/h2-4,7-8,10-12,14,16-17,25-26,31,33H,6,13,15,18-24H2,1H3,(H,45,53,54)/t31-,33?/m1/s1. The van der Waals surface area contributed by atoms with Gasteiger partial charge in [0.15, 0.2) is 5.65 Å². The summed E-state index contributed by atoms with van der Waals surface area (Å²) >= 11 is 0. The Bertz CT molecular complexity index is 2590. The third-order valence-corrected chi connectivity index (χ3v) is 11.0. The van der Waals surface area contributed by atoms with Gasteiger partial charge < -0.3 is 9.80 Å². The van der Waals surface area contributed by atoms with Gasteiger partial charge in [0.25, 0.3) is 0 Å². The minimum absolute atomic E-state index is 0.0583. The number of aryl methyl sites for hydroxylation is 1. The van der Waals surface area contributed by atoms with E-state index in [1.807, 2.05) is 65.3 Å². The van der Waals surface area contributed by atoms with E-state index in [1.165, 1.54) is 15.2 Å². The van der Waals surface area contributed by atoms with E-state index in [0.29, 0.717) is 23.1 Å².